The zero-order valence-corrected chi connectivity index (χ0v) is 37.3. The van der Waals surface area contributed by atoms with Gasteiger partial charge >= 0.3 is 0 Å². The fraction of sp³-hybridized carbons (Fsp3) is 0.269. The molecule has 0 unspecified atom stereocenters. The molecule has 5 aromatic carbocycles. The first-order valence-corrected chi connectivity index (χ1v) is 21.4. The summed E-state index contributed by atoms with van der Waals surface area (Å²) in [4.78, 5) is 108. The second-order valence-corrected chi connectivity index (χ2v) is 17.7. The Balaban J connectivity index is 0.984. The van der Waals surface area contributed by atoms with E-state index in [1.807, 2.05) is 52.8 Å². The lowest BCUT2D eigenvalue weighted by Gasteiger charge is -2.17. The normalized spacial score (nSPS) is 12.0. The summed E-state index contributed by atoms with van der Waals surface area (Å²) >= 11 is 0. The van der Waals surface area contributed by atoms with Crippen LogP contribution in [0.3, 0.4) is 0 Å². The summed E-state index contributed by atoms with van der Waals surface area (Å²) in [7, 11) is 1.35. The highest BCUT2D eigenvalue weighted by atomic mass is 16.2. The maximum Gasteiger partial charge on any atom is 0.266 e. The Labute approximate surface area is 364 Å². The van der Waals surface area contributed by atoms with E-state index in [0.29, 0.717) is 42.6 Å². The van der Waals surface area contributed by atoms with Crippen LogP contribution in [0.5, 0.6) is 0 Å². The van der Waals surface area contributed by atoms with E-state index in [9.17, 15) is 38.4 Å². The van der Waals surface area contributed by atoms with Gasteiger partial charge in [-0.1, -0.05) is 30.3 Å². The molecule has 0 N–H and O–H groups in total. The molecule has 322 valence electrons. The van der Waals surface area contributed by atoms with Crippen molar-refractivity contribution in [3.05, 3.63) is 199 Å². The van der Waals surface area contributed by atoms with Crippen LogP contribution in [0.2, 0.25) is 0 Å². The molecule has 4 heterocycles. The molecule has 0 aliphatic rings. The minimum atomic E-state index is -0.579. The second-order valence-electron chi connectivity index (χ2n) is 17.7. The standard InChI is InChI=1S/C52H46N4O8/c1-24-15-32(16-25(2)30(24)7)19-33-17-28(5)43(29(6)18-33)55-49(61)41-22-37-38(23-42(41)50(55)62)48(60)54(47(37)59)13-11-10-12-34-26(3)14-27(4)44(31(34)8)56-51(63)39-20-35-36(21-40(39)52(56)64)46(58)53(9)45(35)57/h14-18,20-23H,10-13,19H2,1-9H3. The third-order valence-electron chi connectivity index (χ3n) is 13.6. The molecule has 12 heteroatoms. The average molecular weight is 855 g/mol. The predicted molar refractivity (Wildman–Crippen MR) is 254 cm³/mol. The molecule has 0 amide bonds. The summed E-state index contributed by atoms with van der Waals surface area (Å²) in [5, 5.41) is 0.634. The van der Waals surface area contributed by atoms with Crippen molar-refractivity contribution >= 4 is 43.1 Å². The Morgan fingerprint density at radius 3 is 1.20 bits per heavy atom. The summed E-state index contributed by atoms with van der Waals surface area (Å²) in [6.45, 7) is 15.8. The summed E-state index contributed by atoms with van der Waals surface area (Å²) in [5.74, 6) is 0. The minimum Gasteiger partial charge on any atom is -0.277 e. The molecule has 0 aliphatic heterocycles. The number of fused-ring (bicyclic) bond motifs is 4. The zero-order chi connectivity index (χ0) is 46.0. The Kier molecular flexibility index (Phi) is 9.77. The Morgan fingerprint density at radius 1 is 0.375 bits per heavy atom. The van der Waals surface area contributed by atoms with Gasteiger partial charge in [0.2, 0.25) is 0 Å². The molecular formula is C52H46N4O8. The van der Waals surface area contributed by atoms with E-state index < -0.39 is 44.5 Å². The molecule has 0 atom stereocenters. The monoisotopic (exact) mass is 854 g/mol. The average Bonchev–Trinajstić information content (AvgIpc) is 3.81. The van der Waals surface area contributed by atoms with Gasteiger partial charge in [-0.2, -0.15) is 0 Å². The molecule has 4 aromatic heterocycles. The van der Waals surface area contributed by atoms with Crippen molar-refractivity contribution in [3.63, 3.8) is 0 Å². The number of benzene rings is 5. The van der Waals surface area contributed by atoms with Gasteiger partial charge in [-0.05, 0) is 167 Å². The summed E-state index contributed by atoms with van der Waals surface area (Å²) < 4.78 is 4.38. The van der Waals surface area contributed by atoms with Gasteiger partial charge < -0.3 is 0 Å². The number of nitrogens with zero attached hydrogens (tertiary/aromatic N) is 4. The molecule has 64 heavy (non-hydrogen) atoms. The largest absolute Gasteiger partial charge is 0.277 e. The van der Waals surface area contributed by atoms with Crippen molar-refractivity contribution in [2.24, 2.45) is 7.05 Å². The molecule has 0 fully saturated rings. The van der Waals surface area contributed by atoms with E-state index in [-0.39, 0.29) is 49.6 Å². The maximum atomic E-state index is 14.0. The van der Waals surface area contributed by atoms with Gasteiger partial charge in [0.25, 0.3) is 44.5 Å². The quantitative estimate of drug-likeness (QED) is 0.167. The topological polar surface area (TPSA) is 156 Å². The van der Waals surface area contributed by atoms with E-state index in [0.717, 1.165) is 51.6 Å². The predicted octanol–water partition coefficient (Wildman–Crippen LogP) is 5.73. The summed E-state index contributed by atoms with van der Waals surface area (Å²) in [6.07, 6.45) is 2.19. The molecule has 0 spiro atoms. The van der Waals surface area contributed by atoms with Crippen molar-refractivity contribution in [1.82, 2.24) is 18.3 Å². The van der Waals surface area contributed by atoms with Crippen LogP contribution in [0.25, 0.3) is 54.5 Å². The van der Waals surface area contributed by atoms with E-state index in [4.69, 9.17) is 0 Å². The molecule has 9 aromatic rings. The molecule has 0 saturated carbocycles. The van der Waals surface area contributed by atoms with Crippen molar-refractivity contribution < 1.29 is 0 Å². The summed E-state index contributed by atoms with van der Waals surface area (Å²) in [6, 6.07) is 15.7. The molecule has 0 bridgehead atoms. The van der Waals surface area contributed by atoms with Gasteiger partial charge in [-0.3, -0.25) is 47.5 Å². The van der Waals surface area contributed by atoms with Gasteiger partial charge in [0.1, 0.15) is 0 Å². The molecule has 0 radical (unpaired) electrons. The number of unbranched alkanes of at least 4 members (excludes halogenated alkanes) is 1. The molecule has 0 saturated heterocycles. The van der Waals surface area contributed by atoms with Crippen molar-refractivity contribution in [2.45, 2.75) is 87.6 Å². The number of aryl methyl sites for hydroxylation is 6. The van der Waals surface area contributed by atoms with E-state index in [1.165, 1.54) is 53.6 Å². The third-order valence-corrected chi connectivity index (χ3v) is 13.6. The van der Waals surface area contributed by atoms with Crippen molar-refractivity contribution in [3.8, 4) is 11.4 Å². The van der Waals surface area contributed by atoms with Crippen molar-refractivity contribution in [2.75, 3.05) is 0 Å². The lowest BCUT2D eigenvalue weighted by atomic mass is 9.93. The van der Waals surface area contributed by atoms with E-state index in [1.54, 1.807) is 0 Å². The first kappa shape index (κ1) is 42.0. The SMILES string of the molecule is Cc1cc(Cc2cc(C)c(-n3c(=O)c4cc5c(=O)n(CCCCc6c(C)cc(C)c(-n7c(=O)c8cc9c(=O)n(C)c(=O)c9cc8c7=O)c6C)c(=O)c5cc4c3=O)c(C)c2)cc(C)c1C. The van der Waals surface area contributed by atoms with Gasteiger partial charge in [0.05, 0.1) is 54.5 Å². The van der Waals surface area contributed by atoms with Gasteiger partial charge in [0.15, 0.2) is 0 Å². The van der Waals surface area contributed by atoms with Crippen molar-refractivity contribution in [1.29, 1.82) is 0 Å². The molecule has 9 rings (SSSR count). The number of aromatic nitrogens is 4. The second kappa shape index (κ2) is 14.9. The maximum absolute atomic E-state index is 14.0. The van der Waals surface area contributed by atoms with Crippen LogP contribution < -0.4 is 44.5 Å². The van der Waals surface area contributed by atoms with Gasteiger partial charge in [-0.25, -0.2) is 9.13 Å². The number of rotatable bonds is 9. The highest BCUT2D eigenvalue weighted by Gasteiger charge is 2.25. The van der Waals surface area contributed by atoms with Crippen LogP contribution >= 0.6 is 0 Å². The fourth-order valence-corrected chi connectivity index (χ4v) is 10.2. The summed E-state index contributed by atoms with van der Waals surface area (Å²) in [5.41, 5.74) is 7.30. The number of hydrogen-bond donors (Lipinski definition) is 0. The highest BCUT2D eigenvalue weighted by molar-refractivity contribution is 5.99. The van der Waals surface area contributed by atoms with Crippen LogP contribution in [0, 0.1) is 55.4 Å². The molecule has 12 nitrogen and oxygen atoms in total. The third kappa shape index (κ3) is 6.17. The number of hydrogen-bond acceptors (Lipinski definition) is 8. The smallest absolute Gasteiger partial charge is 0.266 e. The first-order valence-electron chi connectivity index (χ1n) is 21.4. The lowest BCUT2D eigenvalue weighted by molar-refractivity contribution is 0.589. The zero-order valence-electron chi connectivity index (χ0n) is 37.3. The Morgan fingerprint density at radius 2 is 0.750 bits per heavy atom. The van der Waals surface area contributed by atoms with Crippen LogP contribution in [0.1, 0.15) is 74.0 Å². The van der Waals surface area contributed by atoms with E-state index in [2.05, 4.69) is 32.9 Å². The Hall–Kier alpha value is -7.34. The highest BCUT2D eigenvalue weighted by Crippen LogP contribution is 2.28. The van der Waals surface area contributed by atoms with Crippen LogP contribution in [0.4, 0.5) is 0 Å². The van der Waals surface area contributed by atoms with Crippen LogP contribution in [-0.2, 0) is 26.4 Å². The molecule has 0 aliphatic carbocycles. The van der Waals surface area contributed by atoms with Crippen LogP contribution in [-0.4, -0.2) is 18.3 Å². The van der Waals surface area contributed by atoms with E-state index >= 15 is 0 Å². The fourth-order valence-electron chi connectivity index (χ4n) is 10.2. The lowest BCUT2D eigenvalue weighted by Crippen LogP contribution is -2.26. The van der Waals surface area contributed by atoms with Gasteiger partial charge in [0, 0.05) is 13.6 Å². The first-order chi connectivity index (χ1) is 30.3. The molecular weight excluding hydrogens is 809 g/mol. The van der Waals surface area contributed by atoms with Crippen LogP contribution in [0.15, 0.2) is 93.0 Å². The van der Waals surface area contributed by atoms with Gasteiger partial charge in [-0.15, -0.1) is 0 Å². The Bertz CT molecular complexity index is 3780. The minimum absolute atomic E-state index is 0.0631.